The number of carbonyl (C=O) groups is 1. The normalized spacial score (nSPS) is 12.7. The summed E-state index contributed by atoms with van der Waals surface area (Å²) in [6.07, 6.45) is 7.88. The van der Waals surface area contributed by atoms with Gasteiger partial charge in [-0.25, -0.2) is 0 Å². The van der Waals surface area contributed by atoms with Crippen LogP contribution < -0.4 is 0 Å². The Morgan fingerprint density at radius 1 is 1.07 bits per heavy atom. The molecule has 0 rings (SSSR count). The van der Waals surface area contributed by atoms with Gasteiger partial charge in [-0.1, -0.05) is 39.0 Å². The lowest BCUT2D eigenvalue weighted by Gasteiger charge is -2.09. The second-order valence-electron chi connectivity index (χ2n) is 4.08. The smallest absolute Gasteiger partial charge is 0.161 e. The fourth-order valence-corrected chi connectivity index (χ4v) is 1.63. The number of hydrogen-bond donors (Lipinski definition) is 0. The van der Waals surface area contributed by atoms with Gasteiger partial charge in [0.05, 0.1) is 0 Å². The van der Waals surface area contributed by atoms with Crippen molar-refractivity contribution in [2.45, 2.75) is 71.8 Å². The maximum absolute atomic E-state index is 11.5. The van der Waals surface area contributed by atoms with Gasteiger partial charge < -0.3 is 4.74 Å². The summed E-state index contributed by atoms with van der Waals surface area (Å²) in [5.74, 6) is 0.257. The first-order valence-corrected chi connectivity index (χ1v) is 6.36. The predicted molar refractivity (Wildman–Crippen MR) is 64.1 cm³/mol. The lowest BCUT2D eigenvalue weighted by Crippen LogP contribution is -2.20. The molecule has 0 aliphatic heterocycles. The molecule has 0 spiro atoms. The SMILES string of the molecule is CCCCCCCCC(=O)C(C)OCC. The zero-order chi connectivity index (χ0) is 11.5. The highest BCUT2D eigenvalue weighted by atomic mass is 16.5. The van der Waals surface area contributed by atoms with Crippen LogP contribution >= 0.6 is 0 Å². The Kier molecular flexibility index (Phi) is 9.91. The summed E-state index contributed by atoms with van der Waals surface area (Å²) in [7, 11) is 0. The Morgan fingerprint density at radius 3 is 2.27 bits per heavy atom. The summed E-state index contributed by atoms with van der Waals surface area (Å²) in [6, 6.07) is 0. The van der Waals surface area contributed by atoms with E-state index >= 15 is 0 Å². The molecule has 0 N–H and O–H groups in total. The number of rotatable bonds is 10. The molecule has 0 aliphatic rings. The van der Waals surface area contributed by atoms with Gasteiger partial charge in [-0.2, -0.15) is 0 Å². The summed E-state index contributed by atoms with van der Waals surface area (Å²) in [5.41, 5.74) is 0. The standard InChI is InChI=1S/C13H26O2/c1-4-6-7-8-9-10-11-13(14)12(3)15-5-2/h12H,4-11H2,1-3H3. The first-order valence-electron chi connectivity index (χ1n) is 6.36. The van der Waals surface area contributed by atoms with Crippen LogP contribution in [0.15, 0.2) is 0 Å². The molecule has 0 saturated carbocycles. The highest BCUT2D eigenvalue weighted by Crippen LogP contribution is 2.08. The van der Waals surface area contributed by atoms with E-state index in [4.69, 9.17) is 4.74 Å². The van der Waals surface area contributed by atoms with E-state index in [0.29, 0.717) is 13.0 Å². The van der Waals surface area contributed by atoms with E-state index in [1.165, 1.54) is 32.1 Å². The maximum Gasteiger partial charge on any atom is 0.161 e. The van der Waals surface area contributed by atoms with Gasteiger partial charge in [0.25, 0.3) is 0 Å². The molecular formula is C13H26O2. The molecule has 2 nitrogen and oxygen atoms in total. The summed E-state index contributed by atoms with van der Waals surface area (Å²) >= 11 is 0. The van der Waals surface area contributed by atoms with Crippen LogP contribution in [0.3, 0.4) is 0 Å². The average molecular weight is 214 g/mol. The fraction of sp³-hybridized carbons (Fsp3) is 0.923. The third-order valence-electron chi connectivity index (χ3n) is 2.65. The molecule has 2 heteroatoms. The summed E-state index contributed by atoms with van der Waals surface area (Å²) < 4.78 is 5.25. The Morgan fingerprint density at radius 2 is 1.67 bits per heavy atom. The van der Waals surface area contributed by atoms with Gasteiger partial charge in [0.2, 0.25) is 0 Å². The lowest BCUT2D eigenvalue weighted by molar-refractivity contribution is -0.129. The topological polar surface area (TPSA) is 26.3 Å². The van der Waals surface area contributed by atoms with Crippen molar-refractivity contribution < 1.29 is 9.53 Å². The monoisotopic (exact) mass is 214 g/mol. The molecule has 1 atom stereocenters. The van der Waals surface area contributed by atoms with Gasteiger partial charge >= 0.3 is 0 Å². The van der Waals surface area contributed by atoms with Crippen LogP contribution in [0.25, 0.3) is 0 Å². The molecule has 0 amide bonds. The van der Waals surface area contributed by atoms with E-state index in [-0.39, 0.29) is 11.9 Å². The van der Waals surface area contributed by atoms with E-state index in [1.807, 2.05) is 13.8 Å². The Labute approximate surface area is 94.4 Å². The maximum atomic E-state index is 11.5. The van der Waals surface area contributed by atoms with Crippen molar-refractivity contribution in [2.24, 2.45) is 0 Å². The number of ether oxygens (including phenoxy) is 1. The molecule has 15 heavy (non-hydrogen) atoms. The highest BCUT2D eigenvalue weighted by molar-refractivity contribution is 5.82. The molecule has 0 fully saturated rings. The molecule has 0 radical (unpaired) electrons. The Hall–Kier alpha value is -0.370. The van der Waals surface area contributed by atoms with Crippen LogP contribution in [-0.4, -0.2) is 18.5 Å². The molecule has 0 saturated heterocycles. The first kappa shape index (κ1) is 14.6. The van der Waals surface area contributed by atoms with Crippen LogP contribution in [0.5, 0.6) is 0 Å². The molecular weight excluding hydrogens is 188 g/mol. The Balaban J connectivity index is 3.30. The minimum Gasteiger partial charge on any atom is -0.371 e. The molecule has 90 valence electrons. The average Bonchev–Trinajstić information content (AvgIpc) is 2.23. The predicted octanol–water partition coefficient (Wildman–Crippen LogP) is 3.73. The van der Waals surface area contributed by atoms with Gasteiger partial charge in [-0.3, -0.25) is 4.79 Å². The molecule has 0 aromatic rings. The van der Waals surface area contributed by atoms with Gasteiger partial charge in [0, 0.05) is 13.0 Å². The van der Waals surface area contributed by atoms with Crippen molar-refractivity contribution >= 4 is 5.78 Å². The lowest BCUT2D eigenvalue weighted by atomic mass is 10.1. The quantitative estimate of drug-likeness (QED) is 0.518. The van der Waals surface area contributed by atoms with Gasteiger partial charge in [-0.05, 0) is 20.3 Å². The fourth-order valence-electron chi connectivity index (χ4n) is 1.63. The number of Topliss-reactive ketones (excluding diaryl/α,β-unsaturated/α-hetero) is 1. The minimum atomic E-state index is -0.203. The zero-order valence-corrected chi connectivity index (χ0v) is 10.6. The molecule has 0 aromatic heterocycles. The van der Waals surface area contributed by atoms with Crippen molar-refractivity contribution in [2.75, 3.05) is 6.61 Å². The third-order valence-corrected chi connectivity index (χ3v) is 2.65. The first-order chi connectivity index (χ1) is 7.22. The van der Waals surface area contributed by atoms with Crippen molar-refractivity contribution in [3.05, 3.63) is 0 Å². The van der Waals surface area contributed by atoms with Crippen LogP contribution in [0.1, 0.15) is 65.7 Å². The number of hydrogen-bond acceptors (Lipinski definition) is 2. The number of carbonyl (C=O) groups excluding carboxylic acids is 1. The van der Waals surface area contributed by atoms with Crippen molar-refractivity contribution in [1.82, 2.24) is 0 Å². The summed E-state index contributed by atoms with van der Waals surface area (Å²) in [4.78, 5) is 11.5. The molecule has 0 aromatic carbocycles. The van der Waals surface area contributed by atoms with Crippen LogP contribution in [0.2, 0.25) is 0 Å². The molecule has 0 heterocycles. The second-order valence-corrected chi connectivity index (χ2v) is 4.08. The van der Waals surface area contributed by atoms with Crippen LogP contribution in [0.4, 0.5) is 0 Å². The minimum absolute atomic E-state index is 0.203. The van der Waals surface area contributed by atoms with E-state index in [9.17, 15) is 4.79 Å². The Bertz CT molecular complexity index is 155. The zero-order valence-electron chi connectivity index (χ0n) is 10.6. The summed E-state index contributed by atoms with van der Waals surface area (Å²) in [5, 5.41) is 0. The largest absolute Gasteiger partial charge is 0.371 e. The third kappa shape index (κ3) is 8.61. The van der Waals surface area contributed by atoms with Crippen LogP contribution in [-0.2, 0) is 9.53 Å². The van der Waals surface area contributed by atoms with Gasteiger partial charge in [0.1, 0.15) is 6.10 Å². The molecule has 0 bridgehead atoms. The number of unbranched alkanes of at least 4 members (excludes halogenated alkanes) is 5. The van der Waals surface area contributed by atoms with Crippen molar-refractivity contribution in [3.63, 3.8) is 0 Å². The molecule has 0 aliphatic carbocycles. The highest BCUT2D eigenvalue weighted by Gasteiger charge is 2.11. The van der Waals surface area contributed by atoms with E-state index in [2.05, 4.69) is 6.92 Å². The number of ketones is 1. The van der Waals surface area contributed by atoms with Gasteiger partial charge in [0.15, 0.2) is 5.78 Å². The summed E-state index contributed by atoms with van der Waals surface area (Å²) in [6.45, 7) is 6.62. The van der Waals surface area contributed by atoms with Gasteiger partial charge in [-0.15, -0.1) is 0 Å². The van der Waals surface area contributed by atoms with Crippen molar-refractivity contribution in [1.29, 1.82) is 0 Å². The van der Waals surface area contributed by atoms with Crippen LogP contribution in [0, 0.1) is 0 Å². The van der Waals surface area contributed by atoms with Crippen molar-refractivity contribution in [3.8, 4) is 0 Å². The van der Waals surface area contributed by atoms with E-state index in [0.717, 1.165) is 6.42 Å². The van der Waals surface area contributed by atoms with E-state index in [1.54, 1.807) is 0 Å². The second kappa shape index (κ2) is 10.2. The van der Waals surface area contributed by atoms with E-state index < -0.39 is 0 Å². The molecule has 1 unspecified atom stereocenters.